The molecule has 0 aliphatic rings. The largest absolute Gasteiger partial charge is 0.387 e. The molecule has 2 heteroatoms. The van der Waals surface area contributed by atoms with Crippen molar-refractivity contribution < 1.29 is 0 Å². The van der Waals surface area contributed by atoms with Gasteiger partial charge >= 0.3 is 0 Å². The molecular formula is C8H11NS. The number of thiol groups is 1. The van der Waals surface area contributed by atoms with E-state index in [1.54, 1.807) is 17.6 Å². The number of nitrogens with one attached hydrogen (secondary N) is 1. The van der Waals surface area contributed by atoms with Crippen molar-refractivity contribution in [2.75, 3.05) is 7.05 Å². The predicted octanol–water partition coefficient (Wildman–Crippen LogP) is 1.86. The summed E-state index contributed by atoms with van der Waals surface area (Å²) in [6.07, 6.45) is 3.56. The van der Waals surface area contributed by atoms with E-state index in [9.17, 15) is 0 Å². The van der Waals surface area contributed by atoms with Gasteiger partial charge in [-0.3, -0.25) is 0 Å². The third kappa shape index (κ3) is 4.11. The first kappa shape index (κ1) is 9.19. The van der Waals surface area contributed by atoms with E-state index < -0.39 is 0 Å². The quantitative estimate of drug-likeness (QED) is 0.350. The summed E-state index contributed by atoms with van der Waals surface area (Å²) in [5.41, 5.74) is 6.54. The standard InChI is InChI=1S/C8H11NS/c1-3-4-5-6-8(7-10)9-2/h3,6-7,9-10H,1-2H3/b6-3?,8-7+. The lowest BCUT2D eigenvalue weighted by Gasteiger charge is -1.92. The molecule has 0 amide bonds. The van der Waals surface area contributed by atoms with Crippen LogP contribution in [-0.4, -0.2) is 7.05 Å². The maximum atomic E-state index is 3.96. The van der Waals surface area contributed by atoms with Crippen LogP contribution in [0.3, 0.4) is 0 Å². The molecule has 0 atom stereocenters. The second-order valence-corrected chi connectivity index (χ2v) is 1.81. The van der Waals surface area contributed by atoms with Crippen LogP contribution in [0, 0.1) is 0 Å². The van der Waals surface area contributed by atoms with Gasteiger partial charge in [0, 0.05) is 18.8 Å². The predicted molar refractivity (Wildman–Crippen MR) is 48.0 cm³/mol. The summed E-state index contributed by atoms with van der Waals surface area (Å²) >= 11 is 3.96. The molecule has 0 aromatic heterocycles. The molecule has 0 saturated carbocycles. The van der Waals surface area contributed by atoms with Gasteiger partial charge in [0.05, 0.1) is 0 Å². The van der Waals surface area contributed by atoms with Crippen molar-refractivity contribution in [3.63, 3.8) is 0 Å². The molecule has 54 valence electrons. The SMILES string of the molecule is CC=C=C=C/C(=C\S)NC. The van der Waals surface area contributed by atoms with Crippen molar-refractivity contribution in [2.45, 2.75) is 6.92 Å². The van der Waals surface area contributed by atoms with Gasteiger partial charge in [-0.2, -0.15) is 0 Å². The minimum Gasteiger partial charge on any atom is -0.387 e. The van der Waals surface area contributed by atoms with Gasteiger partial charge in [0.1, 0.15) is 0 Å². The zero-order chi connectivity index (χ0) is 7.82. The molecule has 0 fully saturated rings. The molecule has 0 saturated heterocycles. The first-order chi connectivity index (χ1) is 4.85. The average molecular weight is 153 g/mol. The molecule has 0 rings (SSSR count). The number of hydrogen-bond acceptors (Lipinski definition) is 2. The molecule has 0 aromatic carbocycles. The van der Waals surface area contributed by atoms with Crippen LogP contribution < -0.4 is 5.32 Å². The van der Waals surface area contributed by atoms with Crippen LogP contribution in [0.5, 0.6) is 0 Å². The second-order valence-electron chi connectivity index (χ2n) is 1.56. The smallest absolute Gasteiger partial charge is 0.0483 e. The van der Waals surface area contributed by atoms with Gasteiger partial charge in [-0.05, 0) is 18.4 Å². The molecule has 0 aliphatic carbocycles. The van der Waals surface area contributed by atoms with E-state index in [4.69, 9.17) is 0 Å². The summed E-state index contributed by atoms with van der Waals surface area (Å²) in [5.74, 6) is 0. The van der Waals surface area contributed by atoms with E-state index in [-0.39, 0.29) is 0 Å². The van der Waals surface area contributed by atoms with E-state index in [0.29, 0.717) is 0 Å². The highest BCUT2D eigenvalue weighted by Crippen LogP contribution is 1.90. The molecule has 1 N–H and O–H groups in total. The maximum absolute atomic E-state index is 3.96. The van der Waals surface area contributed by atoms with Gasteiger partial charge in [-0.1, -0.05) is 11.5 Å². The first-order valence-corrected chi connectivity index (χ1v) is 3.51. The lowest BCUT2D eigenvalue weighted by atomic mass is 10.4. The fraction of sp³-hybridized carbons (Fsp3) is 0.250. The Morgan fingerprint density at radius 3 is 2.60 bits per heavy atom. The molecule has 0 radical (unpaired) electrons. The third-order valence-electron chi connectivity index (χ3n) is 0.883. The maximum Gasteiger partial charge on any atom is 0.0483 e. The molecule has 0 heterocycles. The lowest BCUT2D eigenvalue weighted by Crippen LogP contribution is -2.00. The molecule has 1 nitrogen and oxygen atoms in total. The fourth-order valence-corrected chi connectivity index (χ4v) is 0.580. The highest BCUT2D eigenvalue weighted by atomic mass is 32.1. The summed E-state index contributed by atoms with van der Waals surface area (Å²) in [5, 5.41) is 4.59. The zero-order valence-electron chi connectivity index (χ0n) is 6.18. The van der Waals surface area contributed by atoms with Crippen molar-refractivity contribution in [2.24, 2.45) is 0 Å². The topological polar surface area (TPSA) is 12.0 Å². The van der Waals surface area contributed by atoms with Crippen LogP contribution in [0.4, 0.5) is 0 Å². The van der Waals surface area contributed by atoms with Crippen molar-refractivity contribution in [1.82, 2.24) is 5.32 Å². The molecule has 0 unspecified atom stereocenters. The van der Waals surface area contributed by atoms with Crippen LogP contribution in [-0.2, 0) is 0 Å². The minimum atomic E-state index is 0.915. The fourth-order valence-electron chi connectivity index (χ4n) is 0.377. The Bertz CT molecular complexity index is 203. The van der Waals surface area contributed by atoms with Gasteiger partial charge in [0.15, 0.2) is 0 Å². The zero-order valence-corrected chi connectivity index (χ0v) is 7.07. The Hall–Kier alpha value is -0.810. The first-order valence-electron chi connectivity index (χ1n) is 2.99. The molecule has 0 aliphatic heterocycles. The van der Waals surface area contributed by atoms with Crippen LogP contribution in [0.1, 0.15) is 6.92 Å². The summed E-state index contributed by atoms with van der Waals surface area (Å²) in [6.45, 7) is 1.89. The van der Waals surface area contributed by atoms with Crippen molar-refractivity contribution in [3.05, 3.63) is 34.7 Å². The van der Waals surface area contributed by atoms with E-state index in [1.165, 1.54) is 0 Å². The minimum absolute atomic E-state index is 0.915. The molecule has 10 heavy (non-hydrogen) atoms. The van der Waals surface area contributed by atoms with Crippen LogP contribution in [0.15, 0.2) is 34.7 Å². The van der Waals surface area contributed by atoms with Gasteiger partial charge in [0.2, 0.25) is 0 Å². The Balaban J connectivity index is 4.26. The van der Waals surface area contributed by atoms with Gasteiger partial charge in [-0.25, -0.2) is 0 Å². The van der Waals surface area contributed by atoms with Crippen molar-refractivity contribution >= 4 is 12.6 Å². The highest BCUT2D eigenvalue weighted by molar-refractivity contribution is 7.83. The van der Waals surface area contributed by atoms with Crippen molar-refractivity contribution in [3.8, 4) is 0 Å². The second kappa shape index (κ2) is 6.31. The highest BCUT2D eigenvalue weighted by Gasteiger charge is 1.78. The normalized spacial score (nSPS) is 9.30. The molecule has 0 bridgehead atoms. The van der Waals surface area contributed by atoms with E-state index in [2.05, 4.69) is 29.4 Å². The third-order valence-corrected chi connectivity index (χ3v) is 1.16. The average Bonchev–Trinajstić information content (AvgIpc) is 1.99. The molecule has 0 aromatic rings. The van der Waals surface area contributed by atoms with E-state index >= 15 is 0 Å². The summed E-state index contributed by atoms with van der Waals surface area (Å²) in [4.78, 5) is 0. The van der Waals surface area contributed by atoms with Crippen molar-refractivity contribution in [1.29, 1.82) is 0 Å². The molecular weight excluding hydrogens is 142 g/mol. The number of likely N-dealkylation sites (N-methyl/N-ethyl adjacent to an activating group) is 1. The Labute approximate surface area is 67.2 Å². The van der Waals surface area contributed by atoms with Crippen LogP contribution in [0.2, 0.25) is 0 Å². The number of rotatable bonds is 2. The van der Waals surface area contributed by atoms with Gasteiger partial charge in [-0.15, -0.1) is 12.6 Å². The summed E-state index contributed by atoms with van der Waals surface area (Å²) < 4.78 is 0. The van der Waals surface area contributed by atoms with Gasteiger partial charge in [0.25, 0.3) is 0 Å². The van der Waals surface area contributed by atoms with Gasteiger partial charge < -0.3 is 5.32 Å². The Kier molecular flexibility index (Phi) is 5.80. The monoisotopic (exact) mass is 153 g/mol. The summed E-state index contributed by atoms with van der Waals surface area (Å²) in [7, 11) is 1.83. The Morgan fingerprint density at radius 1 is 1.50 bits per heavy atom. The van der Waals surface area contributed by atoms with E-state index in [0.717, 1.165) is 5.70 Å². The molecule has 0 spiro atoms. The van der Waals surface area contributed by atoms with Crippen LogP contribution in [0.25, 0.3) is 0 Å². The van der Waals surface area contributed by atoms with E-state index in [1.807, 2.05) is 14.0 Å². The number of allylic oxidation sites excluding steroid dienone is 2. The Morgan fingerprint density at radius 2 is 2.20 bits per heavy atom. The summed E-state index contributed by atoms with van der Waals surface area (Å²) in [6, 6.07) is 0. The van der Waals surface area contributed by atoms with Crippen LogP contribution >= 0.6 is 12.6 Å². The number of hydrogen-bond donors (Lipinski definition) is 2. The lowest BCUT2D eigenvalue weighted by molar-refractivity contribution is 1.04.